The van der Waals surface area contributed by atoms with Gasteiger partial charge in [-0.1, -0.05) is 11.6 Å². The van der Waals surface area contributed by atoms with Crippen molar-refractivity contribution in [1.29, 1.82) is 0 Å². The zero-order valence-electron chi connectivity index (χ0n) is 11.2. The lowest BCUT2D eigenvalue weighted by Crippen LogP contribution is -2.05. The number of hydrogen-bond acceptors (Lipinski definition) is 5. The summed E-state index contributed by atoms with van der Waals surface area (Å²) in [5, 5.41) is 14.5. The minimum absolute atomic E-state index is 0.142. The first-order valence-electron chi connectivity index (χ1n) is 6.11. The number of nitrogens with one attached hydrogen (secondary N) is 1. The molecule has 0 spiro atoms. The zero-order valence-corrected chi connectivity index (χ0v) is 11.9. The summed E-state index contributed by atoms with van der Waals surface area (Å²) < 4.78 is 0. The molecule has 21 heavy (non-hydrogen) atoms. The number of anilines is 1. The minimum Gasteiger partial charge on any atom is -0.374 e. The van der Waals surface area contributed by atoms with E-state index in [-0.39, 0.29) is 11.5 Å². The van der Waals surface area contributed by atoms with Crippen molar-refractivity contribution in [2.24, 2.45) is 0 Å². The fourth-order valence-corrected chi connectivity index (χ4v) is 1.86. The number of aromatic nitrogens is 1. The number of halogens is 1. The third-order valence-corrected chi connectivity index (χ3v) is 3.07. The van der Waals surface area contributed by atoms with Crippen molar-refractivity contribution >= 4 is 28.8 Å². The lowest BCUT2D eigenvalue weighted by Gasteiger charge is -2.07. The fraction of sp³-hybridized carbons (Fsp3) is 0.143. The Hall–Kier alpha value is -2.47. The van der Waals surface area contributed by atoms with E-state index in [0.29, 0.717) is 28.5 Å². The first kappa shape index (κ1) is 14.9. The number of hydrogen-bond donors (Lipinski definition) is 1. The molecule has 0 aliphatic carbocycles. The Labute approximate surface area is 125 Å². The maximum Gasteiger partial charge on any atom is 0.293 e. The van der Waals surface area contributed by atoms with E-state index in [1.807, 2.05) is 0 Å². The number of carbonyl (C=O) groups excluding carboxylic acids is 1. The van der Waals surface area contributed by atoms with Gasteiger partial charge in [-0.05, 0) is 31.2 Å². The highest BCUT2D eigenvalue weighted by Crippen LogP contribution is 2.26. The minimum atomic E-state index is -0.524. The van der Waals surface area contributed by atoms with Gasteiger partial charge in [0.25, 0.3) is 5.69 Å². The highest BCUT2D eigenvalue weighted by Gasteiger charge is 2.16. The molecule has 1 heterocycles. The summed E-state index contributed by atoms with van der Waals surface area (Å²) in [5.41, 5.74) is 1.19. The number of Topliss-reactive ketones (excluding diaryl/α,β-unsaturated/α-hetero) is 1. The monoisotopic (exact) mass is 305 g/mol. The third kappa shape index (κ3) is 3.76. The summed E-state index contributed by atoms with van der Waals surface area (Å²) in [4.78, 5) is 25.9. The molecule has 0 saturated carbocycles. The van der Waals surface area contributed by atoms with Crippen molar-refractivity contribution in [3.63, 3.8) is 0 Å². The maximum atomic E-state index is 11.3. The van der Waals surface area contributed by atoms with Crippen LogP contribution < -0.4 is 5.32 Å². The lowest BCUT2D eigenvalue weighted by molar-refractivity contribution is -0.384. The van der Waals surface area contributed by atoms with Crippen LogP contribution >= 0.6 is 11.6 Å². The molecule has 0 fully saturated rings. The van der Waals surface area contributed by atoms with Crippen molar-refractivity contribution in [2.75, 3.05) is 5.32 Å². The van der Waals surface area contributed by atoms with E-state index in [9.17, 15) is 14.9 Å². The van der Waals surface area contributed by atoms with Gasteiger partial charge >= 0.3 is 0 Å². The molecular formula is C14H12ClN3O3. The number of pyridine rings is 1. The second kappa shape index (κ2) is 6.32. The molecular weight excluding hydrogens is 294 g/mol. The Morgan fingerprint density at radius 3 is 2.71 bits per heavy atom. The van der Waals surface area contributed by atoms with E-state index >= 15 is 0 Å². The van der Waals surface area contributed by atoms with Crippen LogP contribution in [0.4, 0.5) is 11.4 Å². The normalized spacial score (nSPS) is 10.2. The van der Waals surface area contributed by atoms with Crippen LogP contribution in [0, 0.1) is 10.1 Å². The Bertz CT molecular complexity index is 686. The predicted molar refractivity (Wildman–Crippen MR) is 79.7 cm³/mol. The van der Waals surface area contributed by atoms with Crippen LogP contribution in [0.2, 0.25) is 5.02 Å². The average molecular weight is 306 g/mol. The van der Waals surface area contributed by atoms with E-state index in [4.69, 9.17) is 11.6 Å². The predicted octanol–water partition coefficient (Wildman–Crippen LogP) is 3.46. The smallest absolute Gasteiger partial charge is 0.293 e. The number of nitro benzene ring substituents is 1. The SMILES string of the molecule is CC(=O)c1ccc(NCc2ccc(Cl)cn2)c([N+](=O)[O-])c1. The largest absolute Gasteiger partial charge is 0.374 e. The molecule has 0 amide bonds. The van der Waals surface area contributed by atoms with Gasteiger partial charge in [0.1, 0.15) is 5.69 Å². The van der Waals surface area contributed by atoms with Gasteiger partial charge < -0.3 is 5.32 Å². The maximum absolute atomic E-state index is 11.3. The second-order valence-electron chi connectivity index (χ2n) is 4.37. The molecule has 0 unspecified atom stereocenters. The average Bonchev–Trinajstić information content (AvgIpc) is 2.46. The molecule has 0 bridgehead atoms. The molecule has 0 saturated heterocycles. The number of benzene rings is 1. The molecule has 0 radical (unpaired) electrons. The van der Waals surface area contributed by atoms with Gasteiger partial charge in [-0.15, -0.1) is 0 Å². The molecule has 2 aromatic rings. The van der Waals surface area contributed by atoms with Crippen LogP contribution in [0.15, 0.2) is 36.5 Å². The van der Waals surface area contributed by atoms with Crippen molar-refractivity contribution in [1.82, 2.24) is 4.98 Å². The van der Waals surface area contributed by atoms with Gasteiger partial charge in [0.05, 0.1) is 22.2 Å². The molecule has 1 aromatic heterocycles. The fourth-order valence-electron chi connectivity index (χ4n) is 1.75. The van der Waals surface area contributed by atoms with Gasteiger partial charge in [0.15, 0.2) is 5.78 Å². The third-order valence-electron chi connectivity index (χ3n) is 2.85. The van der Waals surface area contributed by atoms with Crippen LogP contribution in [0.25, 0.3) is 0 Å². The van der Waals surface area contributed by atoms with Crippen molar-refractivity contribution in [3.8, 4) is 0 Å². The van der Waals surface area contributed by atoms with Crippen LogP contribution in [-0.2, 0) is 6.54 Å². The first-order chi connectivity index (χ1) is 9.97. The zero-order chi connectivity index (χ0) is 15.4. The molecule has 0 atom stereocenters. The quantitative estimate of drug-likeness (QED) is 0.519. The standard InChI is InChI=1S/C14H12ClN3O3/c1-9(19)10-2-5-13(14(6-10)18(20)21)17-8-12-4-3-11(15)7-16-12/h2-7,17H,8H2,1H3. The van der Waals surface area contributed by atoms with Crippen LogP contribution in [0.3, 0.4) is 0 Å². The van der Waals surface area contributed by atoms with E-state index < -0.39 is 4.92 Å². The number of nitro groups is 1. The van der Waals surface area contributed by atoms with E-state index in [1.165, 1.54) is 25.3 Å². The van der Waals surface area contributed by atoms with Gasteiger partial charge in [-0.3, -0.25) is 19.9 Å². The van der Waals surface area contributed by atoms with Crippen molar-refractivity contribution < 1.29 is 9.72 Å². The molecule has 1 N–H and O–H groups in total. The van der Waals surface area contributed by atoms with E-state index in [2.05, 4.69) is 10.3 Å². The Kier molecular flexibility index (Phi) is 4.49. The van der Waals surface area contributed by atoms with Gasteiger partial charge in [-0.25, -0.2) is 0 Å². The second-order valence-corrected chi connectivity index (χ2v) is 4.80. The van der Waals surface area contributed by atoms with E-state index in [0.717, 1.165) is 0 Å². The summed E-state index contributed by atoms with van der Waals surface area (Å²) >= 11 is 5.74. The Morgan fingerprint density at radius 1 is 1.38 bits per heavy atom. The molecule has 108 valence electrons. The summed E-state index contributed by atoms with van der Waals surface area (Å²) in [5.74, 6) is -0.219. The number of carbonyl (C=O) groups is 1. The summed E-state index contributed by atoms with van der Waals surface area (Å²) in [6.07, 6.45) is 1.51. The Morgan fingerprint density at radius 2 is 2.14 bits per heavy atom. The van der Waals surface area contributed by atoms with Gasteiger partial charge in [0.2, 0.25) is 0 Å². The molecule has 0 aliphatic heterocycles. The molecule has 2 rings (SSSR count). The van der Waals surface area contributed by atoms with Gasteiger partial charge in [0, 0.05) is 17.8 Å². The van der Waals surface area contributed by atoms with Crippen LogP contribution in [-0.4, -0.2) is 15.7 Å². The lowest BCUT2D eigenvalue weighted by atomic mass is 10.1. The summed E-state index contributed by atoms with van der Waals surface area (Å²) in [7, 11) is 0. The molecule has 7 heteroatoms. The Balaban J connectivity index is 2.21. The summed E-state index contributed by atoms with van der Waals surface area (Å²) in [6, 6.07) is 7.75. The van der Waals surface area contributed by atoms with Crippen molar-refractivity contribution in [3.05, 3.63) is 62.9 Å². The van der Waals surface area contributed by atoms with E-state index in [1.54, 1.807) is 18.2 Å². The summed E-state index contributed by atoms with van der Waals surface area (Å²) in [6.45, 7) is 1.68. The molecule has 0 aliphatic rings. The highest BCUT2D eigenvalue weighted by atomic mass is 35.5. The molecule has 1 aromatic carbocycles. The van der Waals surface area contributed by atoms with Crippen LogP contribution in [0.5, 0.6) is 0 Å². The number of nitrogens with zero attached hydrogens (tertiary/aromatic N) is 2. The van der Waals surface area contributed by atoms with Gasteiger partial charge in [-0.2, -0.15) is 0 Å². The number of ketones is 1. The molecule has 6 nitrogen and oxygen atoms in total. The topological polar surface area (TPSA) is 85.1 Å². The van der Waals surface area contributed by atoms with Crippen molar-refractivity contribution in [2.45, 2.75) is 13.5 Å². The highest BCUT2D eigenvalue weighted by molar-refractivity contribution is 6.30. The first-order valence-corrected chi connectivity index (χ1v) is 6.49. The number of rotatable bonds is 5. The van der Waals surface area contributed by atoms with Crippen LogP contribution in [0.1, 0.15) is 23.0 Å².